The highest BCUT2D eigenvalue weighted by atomic mass is 16.2. The molecule has 1 saturated heterocycles. The van der Waals surface area contributed by atoms with Gasteiger partial charge in [-0.3, -0.25) is 9.69 Å². The van der Waals surface area contributed by atoms with Crippen molar-refractivity contribution in [3.8, 4) is 0 Å². The summed E-state index contributed by atoms with van der Waals surface area (Å²) in [6, 6.07) is 13.3. The van der Waals surface area contributed by atoms with E-state index in [4.69, 9.17) is 0 Å². The number of urea groups is 1. The maximum absolute atomic E-state index is 12.8. The predicted octanol–water partition coefficient (Wildman–Crippen LogP) is 3.18. The lowest BCUT2D eigenvalue weighted by Crippen LogP contribution is -2.41. The smallest absolute Gasteiger partial charge is 0.319 e. The van der Waals surface area contributed by atoms with Gasteiger partial charge in [0.1, 0.15) is 5.54 Å². The minimum atomic E-state index is -1.05. The molecule has 1 aliphatic heterocycles. The monoisotopic (exact) mass is 294 g/mol. The zero-order valence-electron chi connectivity index (χ0n) is 12.7. The first-order valence-corrected chi connectivity index (χ1v) is 7.20. The van der Waals surface area contributed by atoms with Crippen LogP contribution in [0.4, 0.5) is 4.79 Å². The summed E-state index contributed by atoms with van der Waals surface area (Å²) in [6.07, 6.45) is 0. The largest absolute Gasteiger partial charge is 0.325 e. The summed E-state index contributed by atoms with van der Waals surface area (Å²) in [5, 5.41) is 4.85. The summed E-state index contributed by atoms with van der Waals surface area (Å²) in [5.41, 5.74) is 0.534. The van der Waals surface area contributed by atoms with Crippen molar-refractivity contribution in [1.82, 2.24) is 10.2 Å². The molecule has 1 fully saturated rings. The Kier molecular flexibility index (Phi) is 3.24. The minimum Gasteiger partial charge on any atom is -0.319 e. The van der Waals surface area contributed by atoms with Crippen LogP contribution in [0.25, 0.3) is 10.8 Å². The van der Waals surface area contributed by atoms with Crippen LogP contribution in [0.15, 0.2) is 54.6 Å². The second-order valence-corrected chi connectivity index (χ2v) is 5.93. The summed E-state index contributed by atoms with van der Waals surface area (Å²) in [7, 11) is 0. The number of carbonyl (C=O) groups is 2. The SMILES string of the molecule is C=C(C)CN1C(=O)NC(C)(c2cccc3ccccc23)C1=O. The van der Waals surface area contributed by atoms with Gasteiger partial charge in [-0.25, -0.2) is 4.79 Å². The Bertz CT molecular complexity index is 791. The predicted molar refractivity (Wildman–Crippen MR) is 86.4 cm³/mol. The van der Waals surface area contributed by atoms with Crippen LogP contribution in [-0.4, -0.2) is 23.4 Å². The third-order valence-electron chi connectivity index (χ3n) is 4.03. The lowest BCUT2D eigenvalue weighted by atomic mass is 9.88. The minimum absolute atomic E-state index is 0.239. The molecule has 1 aliphatic rings. The van der Waals surface area contributed by atoms with Crippen LogP contribution >= 0.6 is 0 Å². The first kappa shape index (κ1) is 14.3. The van der Waals surface area contributed by atoms with Gasteiger partial charge in [-0.15, -0.1) is 0 Å². The van der Waals surface area contributed by atoms with E-state index in [1.807, 2.05) is 42.5 Å². The fourth-order valence-electron chi connectivity index (χ4n) is 2.95. The van der Waals surface area contributed by atoms with Gasteiger partial charge in [0, 0.05) is 0 Å². The van der Waals surface area contributed by atoms with E-state index in [-0.39, 0.29) is 18.5 Å². The van der Waals surface area contributed by atoms with Gasteiger partial charge in [0.2, 0.25) is 0 Å². The van der Waals surface area contributed by atoms with Crippen LogP contribution in [0.3, 0.4) is 0 Å². The fourth-order valence-corrected chi connectivity index (χ4v) is 2.95. The van der Waals surface area contributed by atoms with Crippen LogP contribution in [0.5, 0.6) is 0 Å². The molecule has 22 heavy (non-hydrogen) atoms. The van der Waals surface area contributed by atoms with Gasteiger partial charge in [0.25, 0.3) is 5.91 Å². The Labute approximate surface area is 129 Å². The van der Waals surface area contributed by atoms with Crippen molar-refractivity contribution in [2.45, 2.75) is 19.4 Å². The van der Waals surface area contributed by atoms with Gasteiger partial charge in [-0.05, 0) is 30.2 Å². The van der Waals surface area contributed by atoms with Crippen molar-refractivity contribution in [1.29, 1.82) is 0 Å². The Morgan fingerprint density at radius 3 is 2.59 bits per heavy atom. The third kappa shape index (κ3) is 2.08. The summed E-state index contributed by atoms with van der Waals surface area (Å²) >= 11 is 0. The Morgan fingerprint density at radius 1 is 1.18 bits per heavy atom. The number of benzene rings is 2. The molecule has 0 aliphatic carbocycles. The molecule has 3 amide bonds. The van der Waals surface area contributed by atoms with Gasteiger partial charge in [-0.1, -0.05) is 54.6 Å². The second-order valence-electron chi connectivity index (χ2n) is 5.93. The summed E-state index contributed by atoms with van der Waals surface area (Å²) in [4.78, 5) is 26.2. The number of hydrogen-bond donors (Lipinski definition) is 1. The van der Waals surface area contributed by atoms with Crippen LogP contribution in [0.1, 0.15) is 19.4 Å². The average Bonchev–Trinajstić information content (AvgIpc) is 2.70. The fraction of sp³-hybridized carbons (Fsp3) is 0.222. The number of amides is 3. The van der Waals surface area contributed by atoms with E-state index in [1.54, 1.807) is 13.8 Å². The van der Waals surface area contributed by atoms with Crippen molar-refractivity contribution in [3.63, 3.8) is 0 Å². The molecule has 1 N–H and O–H groups in total. The number of carbonyl (C=O) groups excluding carboxylic acids is 2. The van der Waals surface area contributed by atoms with Crippen molar-refractivity contribution in [3.05, 3.63) is 60.2 Å². The molecule has 0 saturated carbocycles. The summed E-state index contributed by atoms with van der Waals surface area (Å²) < 4.78 is 0. The number of hydrogen-bond acceptors (Lipinski definition) is 2. The van der Waals surface area contributed by atoms with Crippen molar-refractivity contribution < 1.29 is 9.59 Å². The molecule has 0 radical (unpaired) electrons. The molecule has 4 heteroatoms. The number of rotatable bonds is 3. The van der Waals surface area contributed by atoms with E-state index in [2.05, 4.69) is 11.9 Å². The second kappa shape index (κ2) is 4.98. The highest BCUT2D eigenvalue weighted by Crippen LogP contribution is 2.33. The van der Waals surface area contributed by atoms with Gasteiger partial charge < -0.3 is 5.32 Å². The molecule has 1 atom stereocenters. The summed E-state index contributed by atoms with van der Waals surface area (Å²) in [6.45, 7) is 7.58. The molecule has 0 bridgehead atoms. The zero-order valence-corrected chi connectivity index (χ0v) is 12.7. The maximum atomic E-state index is 12.8. The van der Waals surface area contributed by atoms with E-state index < -0.39 is 5.54 Å². The number of imide groups is 1. The van der Waals surface area contributed by atoms with Crippen LogP contribution < -0.4 is 5.32 Å². The Balaban J connectivity index is 2.12. The van der Waals surface area contributed by atoms with E-state index in [0.29, 0.717) is 0 Å². The normalized spacial score (nSPS) is 21.3. The van der Waals surface area contributed by atoms with Gasteiger partial charge in [-0.2, -0.15) is 0 Å². The van der Waals surface area contributed by atoms with E-state index in [1.165, 1.54) is 4.90 Å². The summed E-state index contributed by atoms with van der Waals surface area (Å²) in [5.74, 6) is -0.239. The van der Waals surface area contributed by atoms with Crippen molar-refractivity contribution in [2.24, 2.45) is 0 Å². The average molecular weight is 294 g/mol. The number of nitrogens with one attached hydrogen (secondary N) is 1. The molecule has 0 spiro atoms. The molecule has 0 aromatic heterocycles. The Hall–Kier alpha value is -2.62. The lowest BCUT2D eigenvalue weighted by Gasteiger charge is -2.24. The standard InChI is InChI=1S/C18H18N2O2/c1-12(2)11-20-16(21)18(3,19-17(20)22)15-10-6-8-13-7-4-5-9-14(13)15/h4-10H,1,11H2,2-3H3,(H,19,22). The molecule has 4 nitrogen and oxygen atoms in total. The van der Waals surface area contributed by atoms with E-state index in [0.717, 1.165) is 21.9 Å². The van der Waals surface area contributed by atoms with Gasteiger partial charge >= 0.3 is 6.03 Å². The first-order chi connectivity index (χ1) is 10.4. The molecule has 1 unspecified atom stereocenters. The van der Waals surface area contributed by atoms with Crippen molar-refractivity contribution >= 4 is 22.7 Å². The van der Waals surface area contributed by atoms with Gasteiger partial charge in [0.05, 0.1) is 6.54 Å². The Morgan fingerprint density at radius 2 is 1.86 bits per heavy atom. The van der Waals surface area contributed by atoms with Gasteiger partial charge in [0.15, 0.2) is 0 Å². The zero-order chi connectivity index (χ0) is 15.9. The highest BCUT2D eigenvalue weighted by Gasteiger charge is 2.49. The molecule has 2 aromatic carbocycles. The van der Waals surface area contributed by atoms with E-state index >= 15 is 0 Å². The third-order valence-corrected chi connectivity index (χ3v) is 4.03. The number of fused-ring (bicyclic) bond motifs is 1. The van der Waals surface area contributed by atoms with Crippen molar-refractivity contribution in [2.75, 3.05) is 6.54 Å². The van der Waals surface area contributed by atoms with Crippen LogP contribution in [-0.2, 0) is 10.3 Å². The highest BCUT2D eigenvalue weighted by molar-refractivity contribution is 6.09. The molecular weight excluding hydrogens is 276 g/mol. The first-order valence-electron chi connectivity index (χ1n) is 7.20. The number of nitrogens with zero attached hydrogens (tertiary/aromatic N) is 1. The molecular formula is C18H18N2O2. The molecule has 3 rings (SSSR count). The van der Waals surface area contributed by atoms with Crippen LogP contribution in [0.2, 0.25) is 0 Å². The van der Waals surface area contributed by atoms with E-state index in [9.17, 15) is 9.59 Å². The molecule has 2 aromatic rings. The topological polar surface area (TPSA) is 49.4 Å². The lowest BCUT2D eigenvalue weighted by molar-refractivity contribution is -0.130. The molecule has 112 valence electrons. The quantitative estimate of drug-likeness (QED) is 0.698. The van der Waals surface area contributed by atoms with Crippen LogP contribution in [0, 0.1) is 0 Å². The molecule has 1 heterocycles. The maximum Gasteiger partial charge on any atom is 0.325 e.